The maximum Gasteiger partial charge on any atom is 0.196 e. The van der Waals surface area contributed by atoms with Crippen LogP contribution in [-0.2, 0) is 6.54 Å². The van der Waals surface area contributed by atoms with Crippen LogP contribution in [0.15, 0.2) is 36.4 Å². The normalized spacial score (nSPS) is 12.4. The molecule has 140 valence electrons. The molecule has 5 N–H and O–H groups in total. The van der Waals surface area contributed by atoms with Gasteiger partial charge in [-0.05, 0) is 12.1 Å². The molecule has 2 aromatic carbocycles. The Labute approximate surface area is 157 Å². The van der Waals surface area contributed by atoms with E-state index in [1.807, 2.05) is 41.1 Å². The third-order valence-electron chi connectivity index (χ3n) is 4.82. The Bertz CT molecular complexity index is 995. The Morgan fingerprint density at radius 2 is 1.89 bits per heavy atom. The van der Waals surface area contributed by atoms with Gasteiger partial charge in [0.2, 0.25) is 0 Å². The molecule has 0 spiro atoms. The molecule has 0 bridgehead atoms. The molecular weight excluding hydrogens is 342 g/mol. The maximum absolute atomic E-state index is 13.2. The summed E-state index contributed by atoms with van der Waals surface area (Å²) in [5, 5.41) is 21.1. The van der Waals surface area contributed by atoms with Crippen molar-refractivity contribution in [3.63, 3.8) is 0 Å². The van der Waals surface area contributed by atoms with E-state index in [-0.39, 0.29) is 12.4 Å². The summed E-state index contributed by atoms with van der Waals surface area (Å²) < 4.78 is 1.93. The van der Waals surface area contributed by atoms with Gasteiger partial charge in [-0.3, -0.25) is 9.48 Å². The number of benzene rings is 2. The number of aromatic nitrogens is 2. The van der Waals surface area contributed by atoms with Crippen molar-refractivity contribution in [2.45, 2.75) is 6.54 Å². The number of ketones is 1. The summed E-state index contributed by atoms with van der Waals surface area (Å²) in [6.45, 7) is 3.09. The average Bonchev–Trinajstić information content (AvgIpc) is 3.07. The van der Waals surface area contributed by atoms with Crippen LogP contribution >= 0.6 is 0 Å². The van der Waals surface area contributed by atoms with Gasteiger partial charge in [0.05, 0.1) is 24.2 Å². The van der Waals surface area contributed by atoms with Crippen LogP contribution in [0.5, 0.6) is 0 Å². The first-order valence-electron chi connectivity index (χ1n) is 9.19. The molecule has 0 aliphatic heterocycles. The molecule has 0 fully saturated rings. The van der Waals surface area contributed by atoms with Gasteiger partial charge < -0.3 is 21.5 Å². The molecule has 0 radical (unpaired) electrons. The minimum Gasteiger partial charge on any atom is -0.395 e. The van der Waals surface area contributed by atoms with Gasteiger partial charge in [-0.15, -0.1) is 0 Å². The van der Waals surface area contributed by atoms with Crippen LogP contribution in [0.1, 0.15) is 15.9 Å². The fourth-order valence-corrected chi connectivity index (χ4v) is 3.63. The quantitative estimate of drug-likeness (QED) is 0.350. The van der Waals surface area contributed by atoms with E-state index >= 15 is 0 Å². The van der Waals surface area contributed by atoms with Crippen LogP contribution in [0.3, 0.4) is 0 Å². The Morgan fingerprint density at radius 3 is 2.67 bits per heavy atom. The Hall–Kier alpha value is -2.74. The summed E-state index contributed by atoms with van der Waals surface area (Å²) in [6, 6.07) is 11.6. The number of fused-ring (bicyclic) bond motifs is 2. The molecular formula is C20H23N5O2. The van der Waals surface area contributed by atoms with Crippen molar-refractivity contribution in [1.82, 2.24) is 15.1 Å². The van der Waals surface area contributed by atoms with E-state index in [4.69, 9.17) is 15.9 Å². The van der Waals surface area contributed by atoms with Crippen molar-refractivity contribution in [1.29, 1.82) is 0 Å². The molecule has 1 aliphatic rings. The first kappa shape index (κ1) is 17.7. The van der Waals surface area contributed by atoms with E-state index in [0.717, 1.165) is 27.8 Å². The largest absolute Gasteiger partial charge is 0.395 e. The lowest BCUT2D eigenvalue weighted by atomic mass is 9.86. The van der Waals surface area contributed by atoms with Gasteiger partial charge in [-0.2, -0.15) is 5.10 Å². The molecule has 1 heterocycles. The summed E-state index contributed by atoms with van der Waals surface area (Å²) in [7, 11) is 0. The fraction of sp³-hybridized carbons (Fsp3) is 0.300. The van der Waals surface area contributed by atoms with Crippen molar-refractivity contribution in [3.05, 3.63) is 47.5 Å². The van der Waals surface area contributed by atoms with Gasteiger partial charge in [-0.25, -0.2) is 0 Å². The van der Waals surface area contributed by atoms with E-state index in [2.05, 4.69) is 10.6 Å². The van der Waals surface area contributed by atoms with Gasteiger partial charge in [-0.1, -0.05) is 24.3 Å². The predicted octanol–water partition coefficient (Wildman–Crippen LogP) is 1.20. The van der Waals surface area contributed by atoms with Crippen molar-refractivity contribution < 1.29 is 9.90 Å². The first-order chi connectivity index (χ1) is 13.3. The van der Waals surface area contributed by atoms with Gasteiger partial charge in [0.15, 0.2) is 5.78 Å². The lowest BCUT2D eigenvalue weighted by molar-refractivity contribution is 0.104. The Morgan fingerprint density at radius 1 is 1.07 bits per heavy atom. The number of rotatable bonds is 8. The molecule has 27 heavy (non-hydrogen) atoms. The summed E-state index contributed by atoms with van der Waals surface area (Å²) in [5.41, 5.74) is 10.4. The summed E-state index contributed by atoms with van der Waals surface area (Å²) in [5.74, 6) is 0.0150. The molecule has 0 amide bonds. The average molecular weight is 365 g/mol. The van der Waals surface area contributed by atoms with Gasteiger partial charge >= 0.3 is 0 Å². The van der Waals surface area contributed by atoms with Crippen LogP contribution in [0, 0.1) is 0 Å². The lowest BCUT2D eigenvalue weighted by Gasteiger charge is -2.18. The second-order valence-corrected chi connectivity index (χ2v) is 6.52. The van der Waals surface area contributed by atoms with E-state index < -0.39 is 0 Å². The first-order valence-corrected chi connectivity index (χ1v) is 9.19. The third kappa shape index (κ3) is 2.99. The number of hydrogen-bond donors (Lipinski definition) is 4. The highest BCUT2D eigenvalue weighted by atomic mass is 16.3. The number of nitrogens with two attached hydrogens (primary N) is 1. The Kier molecular flexibility index (Phi) is 4.89. The minimum atomic E-state index is 0.0150. The predicted molar refractivity (Wildman–Crippen MR) is 106 cm³/mol. The van der Waals surface area contributed by atoms with Gasteiger partial charge in [0.25, 0.3) is 0 Å². The van der Waals surface area contributed by atoms with E-state index in [1.165, 1.54) is 0 Å². The summed E-state index contributed by atoms with van der Waals surface area (Å²) in [6.07, 6.45) is 0. The molecule has 1 aromatic heterocycles. The molecule has 7 nitrogen and oxygen atoms in total. The van der Waals surface area contributed by atoms with Crippen LogP contribution in [0.2, 0.25) is 0 Å². The minimum absolute atomic E-state index is 0.0150. The number of nitrogens with zero attached hydrogens (tertiary/aromatic N) is 2. The number of hydrogen-bond acceptors (Lipinski definition) is 6. The highest BCUT2D eigenvalue weighted by molar-refractivity contribution is 6.27. The van der Waals surface area contributed by atoms with Crippen molar-refractivity contribution in [2.24, 2.45) is 5.73 Å². The molecule has 3 aromatic rings. The fourth-order valence-electron chi connectivity index (χ4n) is 3.63. The van der Waals surface area contributed by atoms with E-state index in [9.17, 15) is 4.79 Å². The lowest BCUT2D eigenvalue weighted by Crippen LogP contribution is -2.23. The maximum atomic E-state index is 13.2. The zero-order valence-corrected chi connectivity index (χ0v) is 15.0. The van der Waals surface area contributed by atoms with Crippen molar-refractivity contribution >= 4 is 22.4 Å². The third-order valence-corrected chi connectivity index (χ3v) is 4.82. The summed E-state index contributed by atoms with van der Waals surface area (Å²) >= 11 is 0. The van der Waals surface area contributed by atoms with Crippen molar-refractivity contribution in [2.75, 3.05) is 38.1 Å². The molecule has 0 saturated carbocycles. The highest BCUT2D eigenvalue weighted by Gasteiger charge is 2.30. The molecule has 1 aliphatic carbocycles. The summed E-state index contributed by atoms with van der Waals surface area (Å²) in [4.78, 5) is 13.2. The Balaban J connectivity index is 1.86. The van der Waals surface area contributed by atoms with E-state index in [1.54, 1.807) is 0 Å². The molecule has 4 rings (SSSR count). The molecule has 0 atom stereocenters. The number of carbonyl (C=O) groups is 1. The molecule has 0 saturated heterocycles. The zero-order valence-electron chi connectivity index (χ0n) is 15.0. The van der Waals surface area contributed by atoms with Gasteiger partial charge in [0, 0.05) is 48.4 Å². The van der Waals surface area contributed by atoms with Crippen LogP contribution in [-0.4, -0.2) is 53.5 Å². The van der Waals surface area contributed by atoms with Crippen molar-refractivity contribution in [3.8, 4) is 11.3 Å². The molecule has 7 heteroatoms. The molecule has 0 unspecified atom stereocenters. The number of nitrogens with one attached hydrogen (secondary N) is 2. The smallest absolute Gasteiger partial charge is 0.196 e. The van der Waals surface area contributed by atoms with E-state index in [0.29, 0.717) is 43.9 Å². The zero-order chi connectivity index (χ0) is 18.8. The number of anilines is 1. The topological polar surface area (TPSA) is 105 Å². The van der Waals surface area contributed by atoms with Crippen LogP contribution < -0.4 is 16.4 Å². The monoisotopic (exact) mass is 365 g/mol. The number of carbonyl (C=O) groups excluding carboxylic acids is 1. The number of aliphatic hydroxyl groups is 1. The SMILES string of the molecule is NCCNc1ccc2c3c(nn2CCNCCO)-c2ccccc2C(=O)c13. The standard InChI is InChI=1S/C20H23N5O2/c21-7-8-23-15-5-6-16-18-17(15)20(27)14-4-2-1-3-13(14)19(18)24-25(16)11-9-22-10-12-26/h1-6,22-23,26H,7-12,21H2. The van der Waals surface area contributed by atoms with Crippen LogP contribution in [0.25, 0.3) is 22.2 Å². The second-order valence-electron chi connectivity index (χ2n) is 6.52. The van der Waals surface area contributed by atoms with Crippen LogP contribution in [0.4, 0.5) is 5.69 Å². The number of aliphatic hydroxyl groups excluding tert-OH is 1. The van der Waals surface area contributed by atoms with Gasteiger partial charge in [0.1, 0.15) is 5.69 Å². The highest BCUT2D eigenvalue weighted by Crippen LogP contribution is 2.41. The second kappa shape index (κ2) is 7.48.